The molecule has 1 aromatic carbocycles. The van der Waals surface area contributed by atoms with Crippen LogP contribution in [0, 0.1) is 11.3 Å². The standard InChI is InChI=1S/C18H13N5O/c19-9-13-14(12-7-4-8-21-10-12)15-18(24-16(13)20)23-17(22-15)11-5-2-1-3-6-11/h1-8,10,14H,20H2,(H,22,23)/t14-/m1/s1. The Hall–Kier alpha value is -3.59. The van der Waals surface area contributed by atoms with Gasteiger partial charge in [-0.15, -0.1) is 0 Å². The van der Waals surface area contributed by atoms with Gasteiger partial charge in [-0.2, -0.15) is 10.2 Å². The third kappa shape index (κ3) is 2.20. The highest BCUT2D eigenvalue weighted by molar-refractivity contribution is 5.60. The van der Waals surface area contributed by atoms with Gasteiger partial charge in [-0.25, -0.2) is 0 Å². The maximum atomic E-state index is 9.52. The first-order valence-electron chi connectivity index (χ1n) is 7.40. The van der Waals surface area contributed by atoms with Crippen LogP contribution < -0.4 is 10.5 Å². The molecule has 3 N–H and O–H groups in total. The Balaban J connectivity index is 1.88. The van der Waals surface area contributed by atoms with Crippen LogP contribution in [-0.4, -0.2) is 15.0 Å². The van der Waals surface area contributed by atoms with Gasteiger partial charge in [-0.3, -0.25) is 4.98 Å². The van der Waals surface area contributed by atoms with E-state index in [4.69, 9.17) is 10.5 Å². The van der Waals surface area contributed by atoms with Crippen molar-refractivity contribution in [1.29, 1.82) is 5.26 Å². The lowest BCUT2D eigenvalue weighted by atomic mass is 9.89. The van der Waals surface area contributed by atoms with E-state index in [1.165, 1.54) is 0 Å². The van der Waals surface area contributed by atoms with Crippen molar-refractivity contribution in [2.75, 3.05) is 0 Å². The molecule has 0 unspecified atom stereocenters. The van der Waals surface area contributed by atoms with Crippen molar-refractivity contribution in [3.63, 3.8) is 0 Å². The Morgan fingerprint density at radius 2 is 2.00 bits per heavy atom. The number of pyridine rings is 1. The number of nitrogens with two attached hydrogens (primary N) is 1. The van der Waals surface area contributed by atoms with E-state index in [0.29, 0.717) is 23.0 Å². The zero-order valence-corrected chi connectivity index (χ0v) is 12.6. The van der Waals surface area contributed by atoms with E-state index in [1.54, 1.807) is 12.4 Å². The SMILES string of the molecule is N#CC1=C(N)Oc2nc(-c3ccccc3)[nH]c2[C@@H]1c1cccnc1. The highest BCUT2D eigenvalue weighted by atomic mass is 16.5. The minimum atomic E-state index is -0.377. The number of ether oxygens (including phenoxy) is 1. The highest BCUT2D eigenvalue weighted by Gasteiger charge is 2.33. The lowest BCUT2D eigenvalue weighted by Crippen LogP contribution is -2.21. The molecule has 2 aromatic heterocycles. The van der Waals surface area contributed by atoms with Crippen LogP contribution in [0.25, 0.3) is 11.4 Å². The number of aromatic nitrogens is 3. The summed E-state index contributed by atoms with van der Waals surface area (Å²) in [5.74, 6) is 0.753. The first kappa shape index (κ1) is 14.0. The molecule has 0 spiro atoms. The molecule has 1 aliphatic heterocycles. The van der Waals surface area contributed by atoms with Gasteiger partial charge in [0.2, 0.25) is 11.8 Å². The summed E-state index contributed by atoms with van der Waals surface area (Å²) in [6, 6.07) is 15.6. The Kier molecular flexibility index (Phi) is 3.25. The molecule has 24 heavy (non-hydrogen) atoms. The number of fused-ring (bicyclic) bond motifs is 1. The van der Waals surface area contributed by atoms with Gasteiger partial charge in [-0.1, -0.05) is 36.4 Å². The van der Waals surface area contributed by atoms with Gasteiger partial charge >= 0.3 is 0 Å². The number of allylic oxidation sites excluding steroid dienone is 1. The van der Waals surface area contributed by atoms with Gasteiger partial charge in [0.05, 0.1) is 11.6 Å². The lowest BCUT2D eigenvalue weighted by Gasteiger charge is -2.22. The Morgan fingerprint density at radius 1 is 1.17 bits per heavy atom. The fraction of sp³-hybridized carbons (Fsp3) is 0.0556. The van der Waals surface area contributed by atoms with E-state index in [0.717, 1.165) is 11.1 Å². The van der Waals surface area contributed by atoms with Crippen LogP contribution in [0.1, 0.15) is 17.2 Å². The number of nitrogens with one attached hydrogen (secondary N) is 1. The number of nitriles is 1. The Morgan fingerprint density at radius 3 is 2.71 bits per heavy atom. The van der Waals surface area contributed by atoms with Gasteiger partial charge in [0, 0.05) is 18.0 Å². The summed E-state index contributed by atoms with van der Waals surface area (Å²) in [6.07, 6.45) is 3.40. The van der Waals surface area contributed by atoms with Crippen molar-refractivity contribution >= 4 is 0 Å². The molecule has 0 amide bonds. The van der Waals surface area contributed by atoms with Gasteiger partial charge in [-0.05, 0) is 11.6 Å². The van der Waals surface area contributed by atoms with E-state index in [1.807, 2.05) is 42.5 Å². The molecule has 0 aliphatic carbocycles. The third-order valence-electron chi connectivity index (χ3n) is 3.93. The van der Waals surface area contributed by atoms with Crippen LogP contribution in [0.5, 0.6) is 5.88 Å². The van der Waals surface area contributed by atoms with E-state index >= 15 is 0 Å². The number of nitrogens with zero attached hydrogens (tertiary/aromatic N) is 3. The normalized spacial score (nSPS) is 16.2. The summed E-state index contributed by atoms with van der Waals surface area (Å²) in [6.45, 7) is 0. The summed E-state index contributed by atoms with van der Waals surface area (Å²) >= 11 is 0. The second-order valence-electron chi connectivity index (χ2n) is 5.38. The second kappa shape index (κ2) is 5.56. The molecule has 4 rings (SSSR count). The van der Waals surface area contributed by atoms with E-state index in [2.05, 4.69) is 21.0 Å². The zero-order valence-electron chi connectivity index (χ0n) is 12.6. The van der Waals surface area contributed by atoms with Crippen LogP contribution >= 0.6 is 0 Å². The minimum Gasteiger partial charge on any atom is -0.420 e. The molecule has 0 radical (unpaired) electrons. The van der Waals surface area contributed by atoms with E-state index in [9.17, 15) is 5.26 Å². The molecule has 3 aromatic rings. The van der Waals surface area contributed by atoms with Crippen LogP contribution in [0.4, 0.5) is 0 Å². The fourth-order valence-corrected chi connectivity index (χ4v) is 2.82. The summed E-state index contributed by atoms with van der Waals surface area (Å²) < 4.78 is 5.56. The van der Waals surface area contributed by atoms with Gasteiger partial charge in [0.25, 0.3) is 0 Å². The number of H-pyrrole nitrogens is 1. The first-order chi connectivity index (χ1) is 11.8. The van der Waals surface area contributed by atoms with Crippen molar-refractivity contribution in [3.05, 3.63) is 77.6 Å². The maximum absolute atomic E-state index is 9.52. The molecule has 0 saturated carbocycles. The van der Waals surface area contributed by atoms with E-state index in [-0.39, 0.29) is 11.8 Å². The summed E-state index contributed by atoms with van der Waals surface area (Å²) in [4.78, 5) is 11.9. The van der Waals surface area contributed by atoms with Crippen LogP contribution in [0.2, 0.25) is 0 Å². The minimum absolute atomic E-state index is 0.0740. The first-order valence-corrected chi connectivity index (χ1v) is 7.40. The van der Waals surface area contributed by atoms with Crippen LogP contribution in [0.3, 0.4) is 0 Å². The van der Waals surface area contributed by atoms with E-state index < -0.39 is 0 Å². The highest BCUT2D eigenvalue weighted by Crippen LogP contribution is 2.41. The van der Waals surface area contributed by atoms with Crippen LogP contribution in [-0.2, 0) is 0 Å². The Labute approximate surface area is 138 Å². The number of rotatable bonds is 2. The summed E-state index contributed by atoms with van der Waals surface area (Å²) in [5, 5.41) is 9.52. The molecule has 0 bridgehead atoms. The largest absolute Gasteiger partial charge is 0.420 e. The topological polar surface area (TPSA) is 101 Å². The second-order valence-corrected chi connectivity index (χ2v) is 5.38. The summed E-state index contributed by atoms with van der Waals surface area (Å²) in [5.41, 5.74) is 8.77. The molecule has 116 valence electrons. The molecule has 1 atom stereocenters. The third-order valence-corrected chi connectivity index (χ3v) is 3.93. The lowest BCUT2D eigenvalue weighted by molar-refractivity contribution is 0.380. The number of benzene rings is 1. The number of hydrogen-bond acceptors (Lipinski definition) is 5. The molecule has 6 nitrogen and oxygen atoms in total. The zero-order chi connectivity index (χ0) is 16.5. The fourth-order valence-electron chi connectivity index (χ4n) is 2.82. The molecule has 0 fully saturated rings. The monoisotopic (exact) mass is 315 g/mol. The van der Waals surface area contributed by atoms with Crippen LogP contribution in [0.15, 0.2) is 66.3 Å². The summed E-state index contributed by atoms with van der Waals surface area (Å²) in [7, 11) is 0. The average molecular weight is 315 g/mol. The van der Waals surface area contributed by atoms with Gasteiger partial charge in [0.1, 0.15) is 17.5 Å². The quantitative estimate of drug-likeness (QED) is 0.757. The number of imidazole rings is 1. The van der Waals surface area contributed by atoms with Crippen molar-refractivity contribution < 1.29 is 4.74 Å². The molecular weight excluding hydrogens is 302 g/mol. The Bertz CT molecular complexity index is 954. The smallest absolute Gasteiger partial charge is 0.243 e. The van der Waals surface area contributed by atoms with Gasteiger partial charge < -0.3 is 15.5 Å². The predicted molar refractivity (Wildman–Crippen MR) is 87.6 cm³/mol. The number of hydrogen-bond donors (Lipinski definition) is 2. The molecule has 1 aliphatic rings. The molecule has 6 heteroatoms. The van der Waals surface area contributed by atoms with Crippen molar-refractivity contribution in [3.8, 4) is 23.3 Å². The maximum Gasteiger partial charge on any atom is 0.243 e. The number of aromatic amines is 1. The molecular formula is C18H13N5O. The van der Waals surface area contributed by atoms with Crippen molar-refractivity contribution in [1.82, 2.24) is 15.0 Å². The average Bonchev–Trinajstić information content (AvgIpc) is 3.05. The van der Waals surface area contributed by atoms with Crippen molar-refractivity contribution in [2.24, 2.45) is 5.73 Å². The van der Waals surface area contributed by atoms with Gasteiger partial charge in [0.15, 0.2) is 0 Å². The molecule has 0 saturated heterocycles. The van der Waals surface area contributed by atoms with Crippen molar-refractivity contribution in [2.45, 2.75) is 5.92 Å². The predicted octanol–water partition coefficient (Wildman–Crippen LogP) is 2.69. The molecule has 3 heterocycles.